The molecule has 374 valence electrons. The van der Waals surface area contributed by atoms with Crippen molar-refractivity contribution in [3.63, 3.8) is 0 Å². The molecule has 15 nitrogen and oxygen atoms in total. The van der Waals surface area contributed by atoms with Gasteiger partial charge in [0.1, 0.15) is 34.9 Å². The molecule has 73 heavy (non-hydrogen) atoms. The predicted octanol–water partition coefficient (Wildman–Crippen LogP) is 13.0. The summed E-state index contributed by atoms with van der Waals surface area (Å²) in [6, 6.07) is 31.2. The maximum Gasteiger partial charge on any atom is 0.222 e. The number of hydrogen-bond donors (Lipinski definition) is 6. The minimum atomic E-state index is -0.311. The van der Waals surface area contributed by atoms with Crippen LogP contribution in [0.5, 0.6) is 0 Å². The lowest BCUT2D eigenvalue weighted by molar-refractivity contribution is 0.568. The van der Waals surface area contributed by atoms with Gasteiger partial charge < -0.3 is 33.2 Å². The first-order valence-electron chi connectivity index (χ1n) is 22.0. The monoisotopic (exact) mass is 1040 g/mol. The zero-order valence-electron chi connectivity index (χ0n) is 39.3. The number of nitrogen functional groups attached to an aromatic ring is 3. The number of pyridine rings is 3. The van der Waals surface area contributed by atoms with E-state index in [0.29, 0.717) is 49.2 Å². The number of aromatic nitrogens is 9. The fourth-order valence-electron chi connectivity index (χ4n) is 6.15. The van der Waals surface area contributed by atoms with Gasteiger partial charge in [-0.25, -0.2) is 28.1 Å². The SMILES string of the molecule is C.CC(C)(C)c1cc(Nc2ccc(Sc3ccncc3)c(F)c2)nc(N)n1.CCc1cc(Nc2ccc(Sc3ccncc3)c(F)c2)nc(N)n1.Nc1nccc(Nc2ccc(Sc3ccncc3)c(F)c2)n1. The van der Waals surface area contributed by atoms with Gasteiger partial charge in [-0.05, 0) is 103 Å². The fourth-order valence-corrected chi connectivity index (χ4v) is 8.56. The molecule has 6 heterocycles. The van der Waals surface area contributed by atoms with E-state index in [4.69, 9.17) is 17.2 Å². The van der Waals surface area contributed by atoms with E-state index in [1.54, 1.807) is 79.6 Å². The molecule has 0 aliphatic rings. The molecule has 0 amide bonds. The highest BCUT2D eigenvalue weighted by molar-refractivity contribution is 7.99. The number of nitrogens with one attached hydrogen (secondary N) is 3. The maximum absolute atomic E-state index is 14.5. The van der Waals surface area contributed by atoms with Crippen molar-refractivity contribution in [2.45, 2.75) is 76.3 Å². The molecule has 9 N–H and O–H groups in total. The Balaban J connectivity index is 0.000000178. The molecular formula is C52H52F3N15S3. The van der Waals surface area contributed by atoms with Gasteiger partial charge in [-0.15, -0.1) is 0 Å². The van der Waals surface area contributed by atoms with Crippen LogP contribution in [-0.2, 0) is 11.8 Å². The molecule has 0 saturated carbocycles. The van der Waals surface area contributed by atoms with Crippen molar-refractivity contribution in [3.05, 3.63) is 181 Å². The summed E-state index contributed by atoms with van der Waals surface area (Å²) in [7, 11) is 0. The number of nitrogens with zero attached hydrogens (tertiary/aromatic N) is 9. The molecule has 3 aromatic carbocycles. The van der Waals surface area contributed by atoms with Gasteiger partial charge in [-0.2, -0.15) is 15.0 Å². The Morgan fingerprint density at radius 3 is 1.22 bits per heavy atom. The number of halogens is 3. The minimum absolute atomic E-state index is 0. The molecule has 0 atom stereocenters. The number of rotatable bonds is 13. The first-order valence-corrected chi connectivity index (χ1v) is 24.4. The second kappa shape index (κ2) is 25.9. The average molecular weight is 1040 g/mol. The van der Waals surface area contributed by atoms with Crippen LogP contribution in [0.15, 0.2) is 182 Å². The maximum atomic E-state index is 14.5. The van der Waals surface area contributed by atoms with E-state index in [9.17, 15) is 13.2 Å². The third kappa shape index (κ3) is 16.8. The average Bonchev–Trinajstić information content (AvgIpc) is 3.35. The summed E-state index contributed by atoms with van der Waals surface area (Å²) in [5.74, 6) is 1.22. The van der Waals surface area contributed by atoms with Crippen molar-refractivity contribution in [2.75, 3.05) is 33.2 Å². The molecule has 0 spiro atoms. The Morgan fingerprint density at radius 1 is 0.452 bits per heavy atom. The van der Waals surface area contributed by atoms with Gasteiger partial charge in [0.15, 0.2) is 0 Å². The van der Waals surface area contributed by atoms with Crippen molar-refractivity contribution in [1.29, 1.82) is 0 Å². The van der Waals surface area contributed by atoms with Gasteiger partial charge in [0.05, 0.1) is 5.69 Å². The van der Waals surface area contributed by atoms with Crippen molar-refractivity contribution in [2.24, 2.45) is 0 Å². The molecule has 9 aromatic rings. The molecule has 0 aliphatic heterocycles. The van der Waals surface area contributed by atoms with Crippen LogP contribution in [0.4, 0.5) is 65.5 Å². The van der Waals surface area contributed by atoms with E-state index < -0.39 is 0 Å². The second-order valence-electron chi connectivity index (χ2n) is 16.2. The van der Waals surface area contributed by atoms with Crippen LogP contribution in [0.2, 0.25) is 0 Å². The summed E-state index contributed by atoms with van der Waals surface area (Å²) in [5, 5.41) is 9.15. The van der Waals surface area contributed by atoms with E-state index in [1.165, 1.54) is 59.7 Å². The summed E-state index contributed by atoms with van der Waals surface area (Å²) in [6.07, 6.45) is 12.4. The molecule has 0 radical (unpaired) electrons. The number of benzene rings is 3. The Labute approximate surface area is 434 Å². The van der Waals surface area contributed by atoms with Crippen LogP contribution in [-0.4, -0.2) is 44.9 Å². The number of anilines is 9. The summed E-state index contributed by atoms with van der Waals surface area (Å²) >= 11 is 4.04. The van der Waals surface area contributed by atoms with Gasteiger partial charge in [0.25, 0.3) is 0 Å². The van der Waals surface area contributed by atoms with Crippen LogP contribution in [0, 0.1) is 17.5 Å². The zero-order valence-corrected chi connectivity index (χ0v) is 41.7. The summed E-state index contributed by atoms with van der Waals surface area (Å²) in [6.45, 7) is 8.12. The molecule has 21 heteroatoms. The third-order valence-electron chi connectivity index (χ3n) is 9.59. The lowest BCUT2D eigenvalue weighted by Crippen LogP contribution is -2.16. The Bertz CT molecular complexity index is 3210. The highest BCUT2D eigenvalue weighted by Crippen LogP contribution is 2.34. The van der Waals surface area contributed by atoms with Crippen molar-refractivity contribution in [3.8, 4) is 0 Å². The van der Waals surface area contributed by atoms with Crippen molar-refractivity contribution in [1.82, 2.24) is 44.9 Å². The lowest BCUT2D eigenvalue weighted by Gasteiger charge is -2.19. The Morgan fingerprint density at radius 2 is 0.836 bits per heavy atom. The number of hydrogen-bond acceptors (Lipinski definition) is 18. The second-order valence-corrected chi connectivity index (χ2v) is 19.5. The largest absolute Gasteiger partial charge is 0.368 e. The van der Waals surface area contributed by atoms with Crippen LogP contribution in [0.25, 0.3) is 0 Å². The highest BCUT2D eigenvalue weighted by atomic mass is 32.2. The van der Waals surface area contributed by atoms with Gasteiger partial charge in [0, 0.05) is 113 Å². The standard InChI is InChI=1S/C19H20FN5S.C17H16FN5S.C15H12FN5S.CH4/c1-19(2,3)16-11-17(25-18(21)24-16)23-12-4-5-15(14(20)10-12)26-13-6-8-22-9-7-13;1-2-11-10-16(23-17(19)22-11)21-12-3-4-15(14(18)9-12)24-13-5-7-20-8-6-13;16-12-9-10(20-14-5-8-19-15(17)21-14)1-2-13(12)22-11-3-6-18-7-4-11;/h4-11H,1-3H3,(H3,21,23,24,25);3-10H,2H2,1H3,(H3,19,21,22,23);1-9H,(H3,17,19,20,21);1H4. The molecule has 0 unspecified atom stereocenters. The van der Waals surface area contributed by atoms with Crippen LogP contribution >= 0.6 is 35.3 Å². The van der Waals surface area contributed by atoms with Crippen LogP contribution < -0.4 is 33.2 Å². The third-order valence-corrected chi connectivity index (χ3v) is 12.8. The van der Waals surface area contributed by atoms with Gasteiger partial charge >= 0.3 is 0 Å². The Hall–Kier alpha value is -8.01. The predicted molar refractivity (Wildman–Crippen MR) is 288 cm³/mol. The quantitative estimate of drug-likeness (QED) is 0.0630. The van der Waals surface area contributed by atoms with Gasteiger partial charge in [-0.3, -0.25) is 15.0 Å². The smallest absolute Gasteiger partial charge is 0.222 e. The van der Waals surface area contributed by atoms with Gasteiger partial charge in [-0.1, -0.05) is 70.4 Å². The topological polar surface area (TPSA) is 230 Å². The normalized spacial score (nSPS) is 10.7. The summed E-state index contributed by atoms with van der Waals surface area (Å²) in [5.41, 5.74) is 20.3. The molecule has 9 rings (SSSR count). The molecule has 0 aliphatic carbocycles. The van der Waals surface area contributed by atoms with E-state index >= 15 is 0 Å². The van der Waals surface area contributed by atoms with Crippen LogP contribution in [0.3, 0.4) is 0 Å². The zero-order chi connectivity index (χ0) is 51.0. The molecular weight excluding hydrogens is 988 g/mol. The molecule has 0 bridgehead atoms. The first-order chi connectivity index (χ1) is 34.6. The van der Waals surface area contributed by atoms with E-state index in [0.717, 1.165) is 32.5 Å². The van der Waals surface area contributed by atoms with E-state index in [2.05, 4.69) is 60.8 Å². The molecule has 0 fully saturated rings. The number of nitrogens with two attached hydrogens (primary N) is 3. The van der Waals surface area contributed by atoms with E-state index in [-0.39, 0.29) is 48.1 Å². The van der Waals surface area contributed by atoms with Crippen molar-refractivity contribution >= 4 is 87.6 Å². The van der Waals surface area contributed by atoms with Crippen LogP contribution in [0.1, 0.15) is 46.5 Å². The van der Waals surface area contributed by atoms with E-state index in [1.807, 2.05) is 76.2 Å². The van der Waals surface area contributed by atoms with Gasteiger partial charge in [0.2, 0.25) is 17.8 Å². The summed E-state index contributed by atoms with van der Waals surface area (Å²) in [4.78, 5) is 40.8. The fraction of sp³-hybridized carbons (Fsp3) is 0.135. The highest BCUT2D eigenvalue weighted by Gasteiger charge is 2.18. The minimum Gasteiger partial charge on any atom is -0.368 e. The number of aryl methyl sites for hydroxylation is 1. The molecule has 0 saturated heterocycles. The summed E-state index contributed by atoms with van der Waals surface area (Å²) < 4.78 is 43.0. The molecule has 6 aromatic heterocycles. The Kier molecular flexibility index (Phi) is 19.3. The van der Waals surface area contributed by atoms with Crippen molar-refractivity contribution < 1.29 is 13.2 Å². The first kappa shape index (κ1) is 54.3. The lowest BCUT2D eigenvalue weighted by atomic mass is 9.92.